The van der Waals surface area contributed by atoms with Crippen molar-refractivity contribution >= 4 is 34.9 Å². The van der Waals surface area contributed by atoms with Crippen molar-refractivity contribution in [2.75, 3.05) is 5.32 Å². The summed E-state index contributed by atoms with van der Waals surface area (Å²) < 4.78 is 4.21. The number of hydrogen-bond acceptors (Lipinski definition) is 3. The highest BCUT2D eigenvalue weighted by molar-refractivity contribution is 6.53. The van der Waals surface area contributed by atoms with Crippen LogP contribution in [0.4, 0.5) is 5.82 Å². The van der Waals surface area contributed by atoms with Gasteiger partial charge in [-0.25, -0.2) is 0 Å². The maximum absolute atomic E-state index is 12.0. The van der Waals surface area contributed by atoms with E-state index in [9.17, 15) is 4.79 Å². The topological polar surface area (TPSA) is 55.1 Å². The number of nitrogens with zero attached hydrogens (tertiary/aromatic N) is 1. The summed E-state index contributed by atoms with van der Waals surface area (Å²) in [5, 5.41) is 6.50. The number of amides is 1. The summed E-state index contributed by atoms with van der Waals surface area (Å²) in [6, 6.07) is 1.72. The Bertz CT molecular complexity index is 491. The number of hydrogen-bond donors (Lipinski definition) is 1. The van der Waals surface area contributed by atoms with E-state index in [0.29, 0.717) is 18.0 Å². The number of carbonyl (C=O) groups is 1. The molecule has 18 heavy (non-hydrogen) atoms. The predicted octanol–water partition coefficient (Wildman–Crippen LogP) is 3.49. The van der Waals surface area contributed by atoms with Crippen molar-refractivity contribution < 1.29 is 9.32 Å². The molecular formula is C12H16Cl2N2O2. The van der Waals surface area contributed by atoms with Crippen molar-refractivity contribution in [3.05, 3.63) is 11.8 Å². The van der Waals surface area contributed by atoms with Crippen LogP contribution in [0.25, 0.3) is 0 Å². The van der Waals surface area contributed by atoms with E-state index in [1.54, 1.807) is 13.0 Å². The summed E-state index contributed by atoms with van der Waals surface area (Å²) in [6.45, 7) is 7.74. The summed E-state index contributed by atoms with van der Waals surface area (Å²) in [5.74, 6) is 0.866. The largest absolute Gasteiger partial charge is 0.359 e. The van der Waals surface area contributed by atoms with Gasteiger partial charge in [-0.1, -0.05) is 25.9 Å². The standard InChI is InChI=1S/C12H16Cl2N2O2/c1-10(2,3)7-5-8(16-18-7)15-9(17)11(4)6-12(11,13)14/h5H,6H2,1-4H3,(H,15,16,17)/t11-/m1/s1. The van der Waals surface area contributed by atoms with E-state index in [1.165, 1.54) is 0 Å². The van der Waals surface area contributed by atoms with Crippen molar-refractivity contribution in [2.24, 2.45) is 5.41 Å². The number of rotatable bonds is 2. The molecule has 6 heteroatoms. The second kappa shape index (κ2) is 3.87. The Hall–Kier alpha value is -0.740. The molecule has 100 valence electrons. The Morgan fingerprint density at radius 2 is 2.06 bits per heavy atom. The smallest absolute Gasteiger partial charge is 0.234 e. The Kier molecular flexibility index (Phi) is 2.95. The molecule has 1 aliphatic rings. The minimum absolute atomic E-state index is 0.151. The molecule has 0 aromatic carbocycles. The zero-order valence-electron chi connectivity index (χ0n) is 10.8. The molecule has 1 N–H and O–H groups in total. The Balaban J connectivity index is 2.08. The zero-order chi connectivity index (χ0) is 13.8. The minimum atomic E-state index is -0.978. The molecule has 4 nitrogen and oxygen atoms in total. The van der Waals surface area contributed by atoms with Crippen LogP contribution >= 0.6 is 23.2 Å². The summed E-state index contributed by atoms with van der Waals surface area (Å²) in [6.07, 6.45) is 0.443. The monoisotopic (exact) mass is 290 g/mol. The number of anilines is 1. The molecule has 1 aliphatic carbocycles. The van der Waals surface area contributed by atoms with Crippen LogP contribution in [0.2, 0.25) is 0 Å². The number of aromatic nitrogens is 1. The summed E-state index contributed by atoms with van der Waals surface area (Å²) >= 11 is 11.9. The molecule has 0 unspecified atom stereocenters. The van der Waals surface area contributed by atoms with Crippen molar-refractivity contribution in [3.8, 4) is 0 Å². The van der Waals surface area contributed by atoms with Gasteiger partial charge < -0.3 is 9.84 Å². The molecule has 0 saturated heterocycles. The summed E-state index contributed by atoms with van der Waals surface area (Å²) in [7, 11) is 0. The molecule has 2 rings (SSSR count). The molecule has 0 radical (unpaired) electrons. The van der Waals surface area contributed by atoms with Gasteiger partial charge in [-0.3, -0.25) is 4.79 Å². The fourth-order valence-corrected chi connectivity index (χ4v) is 2.29. The van der Waals surface area contributed by atoms with Crippen LogP contribution in [-0.2, 0) is 10.2 Å². The van der Waals surface area contributed by atoms with Gasteiger partial charge in [0.1, 0.15) is 10.1 Å². The van der Waals surface area contributed by atoms with Crippen molar-refractivity contribution in [2.45, 2.75) is 43.9 Å². The highest BCUT2D eigenvalue weighted by atomic mass is 35.5. The first-order chi connectivity index (χ1) is 8.06. The maximum Gasteiger partial charge on any atom is 0.234 e. The fraction of sp³-hybridized carbons (Fsp3) is 0.667. The lowest BCUT2D eigenvalue weighted by molar-refractivity contribution is -0.120. The van der Waals surface area contributed by atoms with Crippen LogP contribution < -0.4 is 5.32 Å². The van der Waals surface area contributed by atoms with Gasteiger partial charge in [0.2, 0.25) is 5.91 Å². The first-order valence-electron chi connectivity index (χ1n) is 5.73. The maximum atomic E-state index is 12.0. The highest BCUT2D eigenvalue weighted by Crippen LogP contribution is 2.64. The van der Waals surface area contributed by atoms with Gasteiger partial charge in [0, 0.05) is 11.5 Å². The lowest BCUT2D eigenvalue weighted by atomic mass is 9.93. The van der Waals surface area contributed by atoms with E-state index < -0.39 is 9.75 Å². The van der Waals surface area contributed by atoms with E-state index in [0.717, 1.165) is 0 Å². The second-order valence-electron chi connectivity index (χ2n) is 5.99. The Labute approximate surface area is 116 Å². The average molecular weight is 291 g/mol. The molecular weight excluding hydrogens is 275 g/mol. The first kappa shape index (κ1) is 13.7. The van der Waals surface area contributed by atoms with E-state index >= 15 is 0 Å². The van der Waals surface area contributed by atoms with Crippen molar-refractivity contribution in [3.63, 3.8) is 0 Å². The lowest BCUT2D eigenvalue weighted by Crippen LogP contribution is -2.26. The van der Waals surface area contributed by atoms with Crippen LogP contribution in [-0.4, -0.2) is 15.4 Å². The van der Waals surface area contributed by atoms with E-state index in [4.69, 9.17) is 27.7 Å². The SMILES string of the molecule is CC(C)(C)c1cc(NC(=O)[C@@]2(C)CC2(Cl)Cl)no1. The predicted molar refractivity (Wildman–Crippen MR) is 71.0 cm³/mol. The Morgan fingerprint density at radius 3 is 2.44 bits per heavy atom. The van der Waals surface area contributed by atoms with E-state index in [2.05, 4.69) is 10.5 Å². The molecule has 1 fully saturated rings. The highest BCUT2D eigenvalue weighted by Gasteiger charge is 2.68. The molecule has 1 amide bonds. The zero-order valence-corrected chi connectivity index (χ0v) is 12.3. The third kappa shape index (κ3) is 2.24. The molecule has 0 aliphatic heterocycles. The molecule has 0 bridgehead atoms. The molecule has 1 atom stereocenters. The van der Waals surface area contributed by atoms with Gasteiger partial charge in [0.25, 0.3) is 0 Å². The van der Waals surface area contributed by atoms with Gasteiger partial charge in [0.15, 0.2) is 5.82 Å². The van der Waals surface area contributed by atoms with Crippen LogP contribution in [0.1, 0.15) is 39.9 Å². The van der Waals surface area contributed by atoms with Crippen LogP contribution in [0.5, 0.6) is 0 Å². The van der Waals surface area contributed by atoms with Crippen molar-refractivity contribution in [1.29, 1.82) is 0 Å². The fourth-order valence-electron chi connectivity index (χ4n) is 1.59. The molecule has 1 aromatic rings. The lowest BCUT2D eigenvalue weighted by Gasteiger charge is -2.12. The van der Waals surface area contributed by atoms with E-state index in [-0.39, 0.29) is 11.3 Å². The van der Waals surface area contributed by atoms with Crippen LogP contribution in [0.3, 0.4) is 0 Å². The number of alkyl halides is 2. The number of nitrogens with one attached hydrogen (secondary N) is 1. The van der Waals surface area contributed by atoms with Gasteiger partial charge in [0.05, 0.1) is 5.41 Å². The van der Waals surface area contributed by atoms with E-state index in [1.807, 2.05) is 20.8 Å². The normalized spacial score (nSPS) is 25.9. The number of carbonyl (C=O) groups excluding carboxylic acids is 1. The molecule has 0 spiro atoms. The minimum Gasteiger partial charge on any atom is -0.359 e. The Morgan fingerprint density at radius 1 is 1.50 bits per heavy atom. The van der Waals surface area contributed by atoms with Gasteiger partial charge in [-0.05, 0) is 13.3 Å². The third-order valence-electron chi connectivity index (χ3n) is 3.25. The molecule has 1 saturated carbocycles. The average Bonchev–Trinajstić information content (AvgIpc) is 2.62. The van der Waals surface area contributed by atoms with Crippen LogP contribution in [0, 0.1) is 5.41 Å². The van der Waals surface area contributed by atoms with Gasteiger partial charge in [-0.2, -0.15) is 0 Å². The van der Waals surface area contributed by atoms with Gasteiger partial charge >= 0.3 is 0 Å². The summed E-state index contributed by atoms with van der Waals surface area (Å²) in [5.41, 5.74) is -0.904. The molecule has 1 aromatic heterocycles. The van der Waals surface area contributed by atoms with Crippen LogP contribution in [0.15, 0.2) is 10.6 Å². The number of halogens is 2. The van der Waals surface area contributed by atoms with Crippen molar-refractivity contribution in [1.82, 2.24) is 5.16 Å². The summed E-state index contributed by atoms with van der Waals surface area (Å²) in [4.78, 5) is 12.0. The van der Waals surface area contributed by atoms with Gasteiger partial charge in [-0.15, -0.1) is 23.2 Å². The molecule has 1 heterocycles. The quantitative estimate of drug-likeness (QED) is 0.848. The third-order valence-corrected chi connectivity index (χ3v) is 4.35. The first-order valence-corrected chi connectivity index (χ1v) is 6.48. The second-order valence-corrected chi connectivity index (χ2v) is 7.48.